The second kappa shape index (κ2) is 6.00. The van der Waals surface area contributed by atoms with Crippen LogP contribution in [0.3, 0.4) is 0 Å². The summed E-state index contributed by atoms with van der Waals surface area (Å²) in [5.41, 5.74) is 2.40. The Hall–Kier alpha value is -2.67. The van der Waals surface area contributed by atoms with E-state index < -0.39 is 19.3 Å². The number of rotatable bonds is 2. The van der Waals surface area contributed by atoms with Gasteiger partial charge in [-0.15, -0.1) is 0 Å². The number of fused-ring (bicyclic) bond motifs is 1. The Kier molecular flexibility index (Phi) is 3.80. The van der Waals surface area contributed by atoms with Gasteiger partial charge in [0.2, 0.25) is 6.04 Å². The summed E-state index contributed by atoms with van der Waals surface area (Å²) in [7, 11) is -4.48. The molecule has 0 radical (unpaired) electrons. The molecule has 1 heterocycles. The quantitative estimate of drug-likeness (QED) is 0.815. The van der Waals surface area contributed by atoms with E-state index in [1.807, 2.05) is 24.3 Å². The molecule has 2 aromatic rings. The smallest absolute Gasteiger partial charge is 0.627 e. The van der Waals surface area contributed by atoms with Gasteiger partial charge in [0.1, 0.15) is 6.10 Å². The minimum atomic E-state index is -4.48. The summed E-state index contributed by atoms with van der Waals surface area (Å²) >= 11 is 0. The summed E-state index contributed by atoms with van der Waals surface area (Å²) < 4.78 is 37.2. The molecule has 25 heavy (non-hydrogen) atoms. The number of nitrogens with one attached hydrogen (secondary N) is 1. The molecule has 2 aromatic carbocycles. The van der Waals surface area contributed by atoms with Gasteiger partial charge in [-0.05, 0) is 5.56 Å². The first-order valence-corrected chi connectivity index (χ1v) is 8.06. The van der Waals surface area contributed by atoms with Crippen molar-refractivity contribution in [3.8, 4) is 0 Å². The van der Waals surface area contributed by atoms with Crippen molar-refractivity contribution >= 4 is 18.8 Å². The summed E-state index contributed by atoms with van der Waals surface area (Å²) in [5, 5.41) is 10.3. The third-order valence-electron chi connectivity index (χ3n) is 4.35. The average Bonchev–Trinajstić information content (AvgIpc) is 2.90. The van der Waals surface area contributed by atoms with Crippen LogP contribution in [0, 0.1) is 0 Å². The molecule has 2 atom stereocenters. The van der Waals surface area contributed by atoms with Gasteiger partial charge in [0.05, 0.1) is 11.8 Å². The van der Waals surface area contributed by atoms with E-state index in [0.717, 1.165) is 11.1 Å². The molecule has 0 fully saturated rings. The topological polar surface area (TPSA) is 52.7 Å². The van der Waals surface area contributed by atoms with Crippen molar-refractivity contribution in [2.45, 2.75) is 18.6 Å². The maximum atomic E-state index is 13.9. The minimum absolute atomic E-state index is 0.0279. The predicted molar refractivity (Wildman–Crippen MR) is 89.4 cm³/mol. The first kappa shape index (κ1) is 15.8. The Morgan fingerprint density at radius 2 is 1.72 bits per heavy atom. The van der Waals surface area contributed by atoms with E-state index in [9.17, 15) is 13.7 Å². The summed E-state index contributed by atoms with van der Waals surface area (Å²) in [6, 6.07) is 15.6. The van der Waals surface area contributed by atoms with Gasteiger partial charge in [-0.3, -0.25) is 0 Å². The van der Waals surface area contributed by atoms with Crippen LogP contribution < -0.4 is 4.99 Å². The number of benzene rings is 2. The highest BCUT2D eigenvalue weighted by molar-refractivity contribution is 6.56. The van der Waals surface area contributed by atoms with Crippen LogP contribution in [-0.2, 0) is 15.7 Å². The molecule has 2 N–H and O–H groups in total. The van der Waals surface area contributed by atoms with Crippen molar-refractivity contribution < 1.29 is 28.0 Å². The van der Waals surface area contributed by atoms with Crippen LogP contribution in [0.4, 0.5) is 8.63 Å². The molecule has 0 unspecified atom stereocenters. The fourth-order valence-electron chi connectivity index (χ4n) is 3.24. The molecule has 1 aliphatic heterocycles. The highest BCUT2D eigenvalue weighted by Crippen LogP contribution is 2.30. The normalized spacial score (nSPS) is 25.7. The van der Waals surface area contributed by atoms with Gasteiger partial charge in [0, 0.05) is 17.5 Å². The summed E-state index contributed by atoms with van der Waals surface area (Å²) in [6.45, 7) is 0. The van der Waals surface area contributed by atoms with Gasteiger partial charge in [-0.1, -0.05) is 54.6 Å². The molecular formula is C18H16BF2NO3. The molecule has 128 valence electrons. The van der Waals surface area contributed by atoms with E-state index in [-0.39, 0.29) is 11.7 Å². The van der Waals surface area contributed by atoms with Crippen LogP contribution >= 0.6 is 0 Å². The second-order valence-corrected chi connectivity index (χ2v) is 6.10. The van der Waals surface area contributed by atoms with Gasteiger partial charge in [0.15, 0.2) is 0 Å². The number of aliphatic hydroxyl groups excluding tert-OH is 1. The lowest BCUT2D eigenvalue weighted by molar-refractivity contribution is -0.527. The molecule has 1 aliphatic carbocycles. The highest BCUT2D eigenvalue weighted by atomic mass is 19.3. The van der Waals surface area contributed by atoms with Gasteiger partial charge in [-0.25, -0.2) is 4.99 Å². The molecule has 0 spiro atoms. The summed E-state index contributed by atoms with van der Waals surface area (Å²) in [6.07, 6.45) is 1.14. The third kappa shape index (κ3) is 3.15. The fraction of sp³-hybridized carbons (Fsp3) is 0.167. The van der Waals surface area contributed by atoms with Crippen molar-refractivity contribution in [1.29, 1.82) is 0 Å². The first-order valence-electron chi connectivity index (χ1n) is 8.06. The zero-order chi connectivity index (χ0) is 17.4. The Labute approximate surface area is 143 Å². The maximum Gasteiger partial charge on any atom is 0.729 e. The van der Waals surface area contributed by atoms with Gasteiger partial charge < -0.3 is 23.0 Å². The largest absolute Gasteiger partial charge is 0.729 e. The first-order chi connectivity index (χ1) is 12.0. The Balaban J connectivity index is 1.72. The van der Waals surface area contributed by atoms with Gasteiger partial charge in [-0.2, -0.15) is 0 Å². The Morgan fingerprint density at radius 1 is 1.00 bits per heavy atom. The van der Waals surface area contributed by atoms with Crippen LogP contribution in [0.5, 0.6) is 0 Å². The highest BCUT2D eigenvalue weighted by Gasteiger charge is 2.42. The second-order valence-electron chi connectivity index (χ2n) is 6.10. The van der Waals surface area contributed by atoms with E-state index in [2.05, 4.69) is 9.65 Å². The van der Waals surface area contributed by atoms with Crippen LogP contribution in [-0.4, -0.2) is 24.2 Å². The SMILES string of the molecule is O[C@@H]1Cc2ccccc2[C@@H]1[NH+]=C1C=C(c2ccccc2)O[B-](F)(F)O1. The fourth-order valence-corrected chi connectivity index (χ4v) is 3.24. The van der Waals surface area contributed by atoms with Crippen molar-refractivity contribution in [2.24, 2.45) is 0 Å². The summed E-state index contributed by atoms with van der Waals surface area (Å²) in [4.78, 5) is 2.90. The summed E-state index contributed by atoms with van der Waals surface area (Å²) in [5.74, 6) is -0.0871. The molecule has 4 rings (SSSR count). The van der Waals surface area contributed by atoms with Crippen LogP contribution in [0.2, 0.25) is 0 Å². The van der Waals surface area contributed by atoms with Crippen LogP contribution in [0.15, 0.2) is 60.7 Å². The van der Waals surface area contributed by atoms with E-state index in [1.54, 1.807) is 30.3 Å². The molecule has 0 bridgehead atoms. The lowest BCUT2D eigenvalue weighted by Crippen LogP contribution is -2.78. The molecule has 2 aliphatic rings. The molecule has 0 amide bonds. The molecule has 7 heteroatoms. The van der Waals surface area contributed by atoms with Gasteiger partial charge >= 0.3 is 13.0 Å². The van der Waals surface area contributed by atoms with Crippen LogP contribution in [0.1, 0.15) is 22.7 Å². The average molecular weight is 343 g/mol. The van der Waals surface area contributed by atoms with Crippen molar-refractivity contribution in [3.05, 3.63) is 77.4 Å². The van der Waals surface area contributed by atoms with E-state index in [0.29, 0.717) is 12.0 Å². The monoisotopic (exact) mass is 343 g/mol. The molecule has 0 saturated carbocycles. The maximum absolute atomic E-state index is 13.9. The van der Waals surface area contributed by atoms with Crippen molar-refractivity contribution in [3.63, 3.8) is 0 Å². The number of aliphatic hydroxyl groups is 1. The molecule has 0 saturated heterocycles. The minimum Gasteiger partial charge on any atom is -0.627 e. The molecule has 4 nitrogen and oxygen atoms in total. The van der Waals surface area contributed by atoms with Gasteiger partial charge in [0.25, 0.3) is 0 Å². The predicted octanol–water partition coefficient (Wildman–Crippen LogP) is 1.59. The Morgan fingerprint density at radius 3 is 2.52 bits per heavy atom. The number of halogens is 2. The zero-order valence-electron chi connectivity index (χ0n) is 13.2. The standard InChI is InChI=1S/C18H15BF2NO3/c20-19(21)24-16(12-6-2-1-3-7-12)11-17(25-19)22-18-14-9-5-4-8-13(14)10-15(18)23/h1-9,11,15,18,23H,10H2/q-1/p+1/t15-,18+/m1/s1. The molecule has 0 aromatic heterocycles. The lowest BCUT2D eigenvalue weighted by Gasteiger charge is -2.31. The van der Waals surface area contributed by atoms with E-state index in [1.165, 1.54) is 6.08 Å². The lowest BCUT2D eigenvalue weighted by atomic mass is 10.1. The van der Waals surface area contributed by atoms with Crippen LogP contribution in [0.25, 0.3) is 5.76 Å². The van der Waals surface area contributed by atoms with Crippen molar-refractivity contribution in [2.75, 3.05) is 0 Å². The third-order valence-corrected chi connectivity index (χ3v) is 4.35. The number of hydrogen-bond donors (Lipinski definition) is 2. The van der Waals surface area contributed by atoms with E-state index >= 15 is 0 Å². The molecular weight excluding hydrogens is 327 g/mol. The zero-order valence-corrected chi connectivity index (χ0v) is 13.2. The van der Waals surface area contributed by atoms with E-state index in [4.69, 9.17) is 4.65 Å². The Bertz CT molecular complexity index is 854. The van der Waals surface area contributed by atoms with Crippen molar-refractivity contribution in [1.82, 2.24) is 0 Å². The number of hydrogen-bond acceptors (Lipinski definition) is 3.